The third-order valence-electron chi connectivity index (χ3n) is 3.94. The topological polar surface area (TPSA) is 21.3 Å². The van der Waals surface area contributed by atoms with E-state index in [1.807, 2.05) is 24.3 Å². The molecule has 0 radical (unpaired) electrons. The summed E-state index contributed by atoms with van der Waals surface area (Å²) in [6, 6.07) is 12.0. The maximum atomic E-state index is 13.7. The lowest BCUT2D eigenvalue weighted by atomic mass is 10.0. The second-order valence-corrected chi connectivity index (χ2v) is 5.65. The molecule has 2 aromatic rings. The summed E-state index contributed by atoms with van der Waals surface area (Å²) < 4.78 is 19.2. The van der Waals surface area contributed by atoms with Gasteiger partial charge in [0, 0.05) is 18.2 Å². The van der Waals surface area contributed by atoms with Gasteiger partial charge in [0.1, 0.15) is 11.6 Å². The van der Waals surface area contributed by atoms with Crippen LogP contribution >= 0.6 is 0 Å². The maximum absolute atomic E-state index is 13.7. The number of hydrogen-bond donors (Lipinski definition) is 1. The fourth-order valence-electron chi connectivity index (χ4n) is 2.41. The van der Waals surface area contributed by atoms with Crippen LogP contribution in [0.2, 0.25) is 0 Å². The number of aryl methyl sites for hydroxylation is 1. The van der Waals surface area contributed by atoms with Crippen LogP contribution in [-0.4, -0.2) is 13.2 Å². The SMILES string of the molecule is COc1ccc(-c2ccc(C)c(F)c2)cc1CNC1CC1. The van der Waals surface area contributed by atoms with Gasteiger partial charge in [-0.1, -0.05) is 18.2 Å². The fourth-order valence-corrected chi connectivity index (χ4v) is 2.41. The predicted octanol–water partition coefficient (Wildman–Crippen LogP) is 4.06. The molecule has 0 heterocycles. The minimum atomic E-state index is -0.166. The molecule has 1 N–H and O–H groups in total. The molecule has 2 aromatic carbocycles. The zero-order valence-corrected chi connectivity index (χ0v) is 12.4. The zero-order chi connectivity index (χ0) is 14.8. The quantitative estimate of drug-likeness (QED) is 0.894. The summed E-state index contributed by atoms with van der Waals surface area (Å²) in [4.78, 5) is 0. The van der Waals surface area contributed by atoms with Crippen LogP contribution in [0, 0.1) is 12.7 Å². The van der Waals surface area contributed by atoms with E-state index in [1.54, 1.807) is 20.1 Å². The summed E-state index contributed by atoms with van der Waals surface area (Å²) in [5.41, 5.74) is 3.70. The van der Waals surface area contributed by atoms with Crippen molar-refractivity contribution in [1.29, 1.82) is 0 Å². The van der Waals surface area contributed by atoms with Gasteiger partial charge in [0.15, 0.2) is 0 Å². The Morgan fingerprint density at radius 3 is 2.52 bits per heavy atom. The molecule has 0 atom stereocenters. The molecular formula is C18H20FNO. The van der Waals surface area contributed by atoms with Gasteiger partial charge in [-0.3, -0.25) is 0 Å². The van der Waals surface area contributed by atoms with Crippen LogP contribution in [-0.2, 0) is 6.54 Å². The van der Waals surface area contributed by atoms with Crippen molar-refractivity contribution in [2.45, 2.75) is 32.4 Å². The average Bonchev–Trinajstić information content (AvgIpc) is 3.32. The molecule has 0 saturated heterocycles. The van der Waals surface area contributed by atoms with Gasteiger partial charge in [0.25, 0.3) is 0 Å². The predicted molar refractivity (Wildman–Crippen MR) is 83.0 cm³/mol. The van der Waals surface area contributed by atoms with Crippen molar-refractivity contribution in [3.63, 3.8) is 0 Å². The Morgan fingerprint density at radius 1 is 1.14 bits per heavy atom. The van der Waals surface area contributed by atoms with E-state index in [1.165, 1.54) is 12.8 Å². The van der Waals surface area contributed by atoms with Crippen molar-refractivity contribution in [2.75, 3.05) is 7.11 Å². The van der Waals surface area contributed by atoms with E-state index in [0.29, 0.717) is 11.6 Å². The second-order valence-electron chi connectivity index (χ2n) is 5.65. The Kier molecular flexibility index (Phi) is 3.93. The van der Waals surface area contributed by atoms with Gasteiger partial charge in [-0.15, -0.1) is 0 Å². The molecule has 21 heavy (non-hydrogen) atoms. The van der Waals surface area contributed by atoms with E-state index in [0.717, 1.165) is 29.0 Å². The Hall–Kier alpha value is -1.87. The molecule has 0 amide bonds. The van der Waals surface area contributed by atoms with Crippen LogP contribution in [0.4, 0.5) is 4.39 Å². The molecule has 0 spiro atoms. The highest BCUT2D eigenvalue weighted by atomic mass is 19.1. The number of halogens is 1. The lowest BCUT2D eigenvalue weighted by Gasteiger charge is -2.12. The van der Waals surface area contributed by atoms with E-state index in [4.69, 9.17) is 4.74 Å². The van der Waals surface area contributed by atoms with E-state index >= 15 is 0 Å². The average molecular weight is 285 g/mol. The highest BCUT2D eigenvalue weighted by Gasteiger charge is 2.20. The minimum absolute atomic E-state index is 0.166. The molecule has 110 valence electrons. The Bertz CT molecular complexity index is 650. The first-order valence-electron chi connectivity index (χ1n) is 7.34. The highest BCUT2D eigenvalue weighted by molar-refractivity contribution is 5.66. The summed E-state index contributed by atoms with van der Waals surface area (Å²) in [5, 5.41) is 3.49. The number of ether oxygens (including phenoxy) is 1. The Labute approximate surface area is 125 Å². The lowest BCUT2D eigenvalue weighted by Crippen LogP contribution is -2.15. The minimum Gasteiger partial charge on any atom is -0.496 e. The number of methoxy groups -OCH3 is 1. The van der Waals surface area contributed by atoms with Crippen molar-refractivity contribution in [3.05, 3.63) is 53.3 Å². The van der Waals surface area contributed by atoms with Gasteiger partial charge in [0.2, 0.25) is 0 Å². The normalized spacial score (nSPS) is 14.2. The number of benzene rings is 2. The third kappa shape index (κ3) is 3.24. The summed E-state index contributed by atoms with van der Waals surface area (Å²) in [5.74, 6) is 0.709. The molecule has 0 bridgehead atoms. The van der Waals surface area contributed by atoms with E-state index in [9.17, 15) is 4.39 Å². The van der Waals surface area contributed by atoms with Gasteiger partial charge < -0.3 is 10.1 Å². The molecule has 0 aliphatic heterocycles. The first-order valence-corrected chi connectivity index (χ1v) is 7.34. The Morgan fingerprint density at radius 2 is 1.86 bits per heavy atom. The van der Waals surface area contributed by atoms with E-state index in [2.05, 4.69) is 11.4 Å². The smallest absolute Gasteiger partial charge is 0.126 e. The highest BCUT2D eigenvalue weighted by Crippen LogP contribution is 2.28. The second kappa shape index (κ2) is 5.86. The van der Waals surface area contributed by atoms with Crippen LogP contribution < -0.4 is 10.1 Å². The van der Waals surface area contributed by atoms with Crippen molar-refractivity contribution < 1.29 is 9.13 Å². The van der Waals surface area contributed by atoms with Crippen LogP contribution in [0.15, 0.2) is 36.4 Å². The van der Waals surface area contributed by atoms with Crippen molar-refractivity contribution >= 4 is 0 Å². The van der Waals surface area contributed by atoms with Gasteiger partial charge in [-0.05, 0) is 54.7 Å². The van der Waals surface area contributed by atoms with E-state index < -0.39 is 0 Å². The van der Waals surface area contributed by atoms with Gasteiger partial charge in [-0.25, -0.2) is 4.39 Å². The fraction of sp³-hybridized carbons (Fsp3) is 0.333. The molecule has 2 nitrogen and oxygen atoms in total. The number of hydrogen-bond acceptors (Lipinski definition) is 2. The lowest BCUT2D eigenvalue weighted by molar-refractivity contribution is 0.407. The molecule has 3 heteroatoms. The molecule has 1 saturated carbocycles. The van der Waals surface area contributed by atoms with E-state index in [-0.39, 0.29) is 5.82 Å². The maximum Gasteiger partial charge on any atom is 0.126 e. The molecule has 0 unspecified atom stereocenters. The first-order chi connectivity index (χ1) is 10.2. The summed E-state index contributed by atoms with van der Waals surface area (Å²) >= 11 is 0. The number of rotatable bonds is 5. The first kappa shape index (κ1) is 14.1. The van der Waals surface area contributed by atoms with Crippen molar-refractivity contribution in [1.82, 2.24) is 5.32 Å². The monoisotopic (exact) mass is 285 g/mol. The van der Waals surface area contributed by atoms with Crippen LogP contribution in [0.3, 0.4) is 0 Å². The zero-order valence-electron chi connectivity index (χ0n) is 12.4. The van der Waals surface area contributed by atoms with Crippen LogP contribution in [0.25, 0.3) is 11.1 Å². The largest absolute Gasteiger partial charge is 0.496 e. The van der Waals surface area contributed by atoms with Gasteiger partial charge in [0.05, 0.1) is 7.11 Å². The molecule has 0 aromatic heterocycles. The summed E-state index contributed by atoms with van der Waals surface area (Å²) in [7, 11) is 1.68. The Balaban J connectivity index is 1.90. The summed E-state index contributed by atoms with van der Waals surface area (Å²) in [6.07, 6.45) is 2.51. The molecule has 1 aliphatic carbocycles. The molecule has 1 fully saturated rings. The van der Waals surface area contributed by atoms with Crippen LogP contribution in [0.5, 0.6) is 5.75 Å². The standard InChI is InChI=1S/C18H20FNO/c1-12-3-4-14(10-17(12)19)13-5-8-18(21-2)15(9-13)11-20-16-6-7-16/h3-5,8-10,16,20H,6-7,11H2,1-2H3. The molecule has 3 rings (SSSR count). The van der Waals surface area contributed by atoms with Crippen LogP contribution in [0.1, 0.15) is 24.0 Å². The number of nitrogens with one attached hydrogen (secondary N) is 1. The van der Waals surface area contributed by atoms with Crippen molar-refractivity contribution in [3.8, 4) is 16.9 Å². The third-order valence-corrected chi connectivity index (χ3v) is 3.94. The summed E-state index contributed by atoms with van der Waals surface area (Å²) in [6.45, 7) is 2.56. The molecular weight excluding hydrogens is 265 g/mol. The van der Waals surface area contributed by atoms with Gasteiger partial charge >= 0.3 is 0 Å². The van der Waals surface area contributed by atoms with Gasteiger partial charge in [-0.2, -0.15) is 0 Å². The van der Waals surface area contributed by atoms with Crippen molar-refractivity contribution in [2.24, 2.45) is 0 Å². The molecule has 1 aliphatic rings.